The molecule has 0 amide bonds. The molecule has 0 bridgehead atoms. The van der Waals surface area contributed by atoms with E-state index in [4.69, 9.17) is 0 Å². The van der Waals surface area contributed by atoms with Gasteiger partial charge in [0.15, 0.2) is 11.6 Å². The summed E-state index contributed by atoms with van der Waals surface area (Å²) in [5.41, 5.74) is 2.73. The van der Waals surface area contributed by atoms with Gasteiger partial charge in [0.2, 0.25) is 0 Å². The number of hydrogen-bond acceptors (Lipinski definition) is 1. The van der Waals surface area contributed by atoms with Crippen LogP contribution in [0.4, 0.5) is 8.78 Å². The van der Waals surface area contributed by atoms with E-state index < -0.39 is 11.6 Å². The average molecular weight is 305 g/mol. The predicted octanol–water partition coefficient (Wildman–Crippen LogP) is 4.53. The topological polar surface area (TPSA) is 17.8 Å². The molecule has 0 atom stereocenters. The summed E-state index contributed by atoms with van der Waals surface area (Å²) >= 11 is 0. The molecule has 2 aromatic rings. The van der Waals surface area contributed by atoms with Gasteiger partial charge in [-0.3, -0.25) is 0 Å². The van der Waals surface area contributed by atoms with Crippen LogP contribution in [0.2, 0.25) is 0 Å². The first-order chi connectivity index (χ1) is 9.66. The van der Waals surface area contributed by atoms with E-state index in [2.05, 4.69) is 4.98 Å². The Morgan fingerprint density at radius 3 is 2.62 bits per heavy atom. The molecule has 2 heterocycles. The highest BCUT2D eigenvalue weighted by atomic mass is 35.5. The SMILES string of the molecule is Cl.Cn1c2c3c(F)c(F)ccc3nc-2cc2ccccc21. The van der Waals surface area contributed by atoms with Gasteiger partial charge in [0.05, 0.1) is 22.3 Å². The number of para-hydroxylation sites is 1. The van der Waals surface area contributed by atoms with Gasteiger partial charge < -0.3 is 4.57 Å². The quantitative estimate of drug-likeness (QED) is 0.466. The lowest BCUT2D eigenvalue weighted by molar-refractivity contribution is 0.517. The first kappa shape index (κ1) is 13.8. The third-order valence-electron chi connectivity index (χ3n) is 3.72. The predicted molar refractivity (Wildman–Crippen MR) is 82.0 cm³/mol. The second-order valence-electron chi connectivity index (χ2n) is 4.86. The van der Waals surface area contributed by atoms with Crippen LogP contribution in [-0.4, -0.2) is 9.55 Å². The van der Waals surface area contributed by atoms with Crippen LogP contribution >= 0.6 is 12.4 Å². The maximum absolute atomic E-state index is 14.1. The minimum atomic E-state index is -0.847. The number of pyridine rings is 1. The molecule has 0 spiro atoms. The Morgan fingerprint density at radius 1 is 1.05 bits per heavy atom. The van der Waals surface area contributed by atoms with Gasteiger partial charge >= 0.3 is 0 Å². The molecule has 0 radical (unpaired) electrons. The van der Waals surface area contributed by atoms with E-state index in [0.29, 0.717) is 16.9 Å². The van der Waals surface area contributed by atoms with E-state index in [0.717, 1.165) is 17.0 Å². The van der Waals surface area contributed by atoms with Crippen LogP contribution in [-0.2, 0) is 7.05 Å². The van der Waals surface area contributed by atoms with E-state index in [1.54, 1.807) is 0 Å². The van der Waals surface area contributed by atoms with Gasteiger partial charge in [-0.2, -0.15) is 0 Å². The van der Waals surface area contributed by atoms with Crippen molar-refractivity contribution in [2.75, 3.05) is 0 Å². The lowest BCUT2D eigenvalue weighted by Gasteiger charge is -2.12. The van der Waals surface area contributed by atoms with Crippen molar-refractivity contribution in [1.82, 2.24) is 9.55 Å². The van der Waals surface area contributed by atoms with E-state index in [9.17, 15) is 8.78 Å². The summed E-state index contributed by atoms with van der Waals surface area (Å²) in [6.45, 7) is 0. The van der Waals surface area contributed by atoms with E-state index in [1.807, 2.05) is 41.9 Å². The highest BCUT2D eigenvalue weighted by Crippen LogP contribution is 2.36. The minimum Gasteiger partial charge on any atom is -0.342 e. The smallest absolute Gasteiger partial charge is 0.170 e. The molecular formula is C16H11ClF2N2. The molecule has 106 valence electrons. The molecular weight excluding hydrogens is 294 g/mol. The van der Waals surface area contributed by atoms with Crippen LogP contribution in [0.25, 0.3) is 33.2 Å². The normalized spacial score (nSPS) is 11.2. The van der Waals surface area contributed by atoms with E-state index in [1.165, 1.54) is 6.07 Å². The zero-order valence-corrected chi connectivity index (χ0v) is 11.9. The molecule has 21 heavy (non-hydrogen) atoms. The van der Waals surface area contributed by atoms with E-state index in [-0.39, 0.29) is 17.8 Å². The number of halogens is 3. The number of benzene rings is 2. The third kappa shape index (κ3) is 1.79. The van der Waals surface area contributed by atoms with Crippen LogP contribution in [0.15, 0.2) is 42.5 Å². The van der Waals surface area contributed by atoms with Crippen molar-refractivity contribution in [3.05, 3.63) is 54.1 Å². The summed E-state index contributed by atoms with van der Waals surface area (Å²) < 4.78 is 29.5. The summed E-state index contributed by atoms with van der Waals surface area (Å²) in [7, 11) is 1.84. The Kier molecular flexibility index (Phi) is 3.06. The first-order valence-corrected chi connectivity index (χ1v) is 6.28. The largest absolute Gasteiger partial charge is 0.342 e. The highest BCUT2D eigenvalue weighted by Gasteiger charge is 2.21. The number of fused-ring (bicyclic) bond motifs is 4. The zero-order chi connectivity index (χ0) is 13.9. The second-order valence-corrected chi connectivity index (χ2v) is 4.86. The number of aromatic nitrogens is 2. The lowest BCUT2D eigenvalue weighted by Crippen LogP contribution is -1.99. The Bertz CT molecular complexity index is 946. The maximum Gasteiger partial charge on any atom is 0.170 e. The van der Waals surface area contributed by atoms with Crippen LogP contribution in [0.1, 0.15) is 0 Å². The number of rotatable bonds is 0. The van der Waals surface area contributed by atoms with Gasteiger partial charge in [0.25, 0.3) is 0 Å². The molecule has 0 fully saturated rings. The van der Waals surface area contributed by atoms with Crippen LogP contribution in [0.5, 0.6) is 0 Å². The Morgan fingerprint density at radius 2 is 1.81 bits per heavy atom. The molecule has 0 aliphatic carbocycles. The minimum absolute atomic E-state index is 0. The van der Waals surface area contributed by atoms with Gasteiger partial charge in [0.1, 0.15) is 0 Å². The monoisotopic (exact) mass is 304 g/mol. The zero-order valence-electron chi connectivity index (χ0n) is 11.1. The molecule has 0 unspecified atom stereocenters. The highest BCUT2D eigenvalue weighted by molar-refractivity contribution is 6.00. The fourth-order valence-corrected chi connectivity index (χ4v) is 2.79. The van der Waals surface area contributed by atoms with Gasteiger partial charge in [-0.15, -0.1) is 12.4 Å². The van der Waals surface area contributed by atoms with Crippen molar-refractivity contribution in [2.24, 2.45) is 7.05 Å². The van der Waals surface area contributed by atoms with Crippen molar-refractivity contribution in [3.63, 3.8) is 0 Å². The van der Waals surface area contributed by atoms with Crippen LogP contribution < -0.4 is 0 Å². The number of hydrogen-bond donors (Lipinski definition) is 0. The summed E-state index contributed by atoms with van der Waals surface area (Å²) in [4.78, 5) is 4.40. The average Bonchev–Trinajstić information content (AvgIpc) is 2.82. The molecule has 2 aromatic carbocycles. The van der Waals surface area contributed by atoms with Crippen molar-refractivity contribution in [2.45, 2.75) is 0 Å². The molecule has 2 nitrogen and oxygen atoms in total. The fraction of sp³-hybridized carbons (Fsp3) is 0.0625. The Balaban J connectivity index is 0.00000132. The molecule has 0 saturated carbocycles. The molecule has 2 aliphatic heterocycles. The number of nitrogens with zero attached hydrogens (tertiary/aromatic N) is 2. The van der Waals surface area contributed by atoms with Crippen molar-refractivity contribution in [3.8, 4) is 11.4 Å². The second kappa shape index (κ2) is 4.67. The molecule has 0 N–H and O–H groups in total. The lowest BCUT2D eigenvalue weighted by atomic mass is 10.1. The third-order valence-corrected chi connectivity index (χ3v) is 3.72. The summed E-state index contributed by atoms with van der Waals surface area (Å²) in [5, 5.41) is 1.26. The van der Waals surface area contributed by atoms with Gasteiger partial charge in [-0.25, -0.2) is 13.8 Å². The fourth-order valence-electron chi connectivity index (χ4n) is 2.79. The van der Waals surface area contributed by atoms with Crippen molar-refractivity contribution >= 4 is 34.2 Å². The maximum atomic E-state index is 14.1. The molecule has 0 aromatic heterocycles. The molecule has 2 aliphatic rings. The van der Waals surface area contributed by atoms with E-state index >= 15 is 0 Å². The van der Waals surface area contributed by atoms with Gasteiger partial charge in [-0.05, 0) is 24.3 Å². The molecule has 0 saturated heterocycles. The Labute approximate surface area is 125 Å². The summed E-state index contributed by atoms with van der Waals surface area (Å²) in [5.74, 6) is -1.68. The molecule has 5 heteroatoms. The van der Waals surface area contributed by atoms with Crippen LogP contribution in [0.3, 0.4) is 0 Å². The van der Waals surface area contributed by atoms with Crippen LogP contribution in [0, 0.1) is 11.6 Å². The molecule has 4 rings (SSSR count). The van der Waals surface area contributed by atoms with Crippen molar-refractivity contribution < 1.29 is 8.78 Å². The summed E-state index contributed by atoms with van der Waals surface area (Å²) in [6, 6.07) is 12.3. The first-order valence-electron chi connectivity index (χ1n) is 6.28. The van der Waals surface area contributed by atoms with Crippen molar-refractivity contribution in [1.29, 1.82) is 0 Å². The van der Waals surface area contributed by atoms with Gasteiger partial charge in [-0.1, -0.05) is 18.2 Å². The Hall–Kier alpha value is -2.20. The van der Waals surface area contributed by atoms with Gasteiger partial charge in [0, 0.05) is 18.0 Å². The number of aryl methyl sites for hydroxylation is 1. The standard InChI is InChI=1S/C16H10F2N2.ClH/c1-20-13-5-3-2-4-9(13)8-12-16(20)14-11(19-12)7-6-10(17)15(14)18;/h2-8H,1H3;1H. The summed E-state index contributed by atoms with van der Waals surface area (Å²) in [6.07, 6.45) is 0.